The highest BCUT2D eigenvalue weighted by atomic mass is 19.1. The van der Waals surface area contributed by atoms with E-state index in [1.807, 2.05) is 54.6 Å². The second-order valence-electron chi connectivity index (χ2n) is 5.38. The maximum absolute atomic E-state index is 15.1. The second kappa shape index (κ2) is 5.65. The minimum Gasteiger partial charge on any atom is -0.245 e. The number of fused-ring (bicyclic) bond motifs is 1. The first-order valence-corrected chi connectivity index (χ1v) is 7.36. The van der Waals surface area contributed by atoms with Gasteiger partial charge in [-0.15, -0.1) is 0 Å². The van der Waals surface area contributed by atoms with Crippen LogP contribution in [0.25, 0.3) is 22.2 Å². The van der Waals surface area contributed by atoms with E-state index in [0.717, 1.165) is 28.5 Å². The maximum atomic E-state index is 15.1. The maximum Gasteiger partial charge on any atom is 0.153 e. The van der Waals surface area contributed by atoms with Crippen molar-refractivity contribution in [2.75, 3.05) is 0 Å². The van der Waals surface area contributed by atoms with Gasteiger partial charge in [-0.1, -0.05) is 62.4 Å². The molecular formula is C19H18FN. The number of pyridine rings is 1. The van der Waals surface area contributed by atoms with Crippen LogP contribution in [0.15, 0.2) is 54.6 Å². The molecule has 0 aliphatic carbocycles. The van der Waals surface area contributed by atoms with Gasteiger partial charge in [-0.25, -0.2) is 9.37 Å². The van der Waals surface area contributed by atoms with E-state index >= 15 is 4.39 Å². The van der Waals surface area contributed by atoms with Crippen molar-refractivity contribution in [3.05, 3.63) is 66.0 Å². The molecule has 0 amide bonds. The normalized spacial score (nSPS) is 12.5. The molecule has 106 valence electrons. The second-order valence-corrected chi connectivity index (χ2v) is 5.38. The van der Waals surface area contributed by atoms with Gasteiger partial charge in [-0.2, -0.15) is 0 Å². The van der Waals surface area contributed by atoms with E-state index < -0.39 is 0 Å². The monoisotopic (exact) mass is 279 g/mol. The van der Waals surface area contributed by atoms with Crippen molar-refractivity contribution in [1.29, 1.82) is 0 Å². The van der Waals surface area contributed by atoms with Gasteiger partial charge in [-0.05, 0) is 18.4 Å². The molecule has 0 bridgehead atoms. The largest absolute Gasteiger partial charge is 0.245 e. The zero-order valence-electron chi connectivity index (χ0n) is 12.3. The van der Waals surface area contributed by atoms with Gasteiger partial charge in [0.15, 0.2) is 5.82 Å². The molecule has 3 rings (SSSR count). The average molecular weight is 279 g/mol. The third-order valence-corrected chi connectivity index (χ3v) is 4.02. The number of hydrogen-bond acceptors (Lipinski definition) is 1. The van der Waals surface area contributed by atoms with E-state index in [0.29, 0.717) is 5.69 Å². The fourth-order valence-corrected chi connectivity index (χ4v) is 2.69. The fourth-order valence-electron chi connectivity index (χ4n) is 2.69. The Kier molecular flexibility index (Phi) is 3.70. The molecule has 0 saturated heterocycles. The molecule has 0 saturated carbocycles. The Hall–Kier alpha value is -2.22. The number of nitrogens with zero attached hydrogens (tertiary/aromatic N) is 1. The molecule has 1 heterocycles. The Morgan fingerprint density at radius 3 is 2.38 bits per heavy atom. The van der Waals surface area contributed by atoms with Gasteiger partial charge in [0.2, 0.25) is 0 Å². The molecule has 0 N–H and O–H groups in total. The molecule has 0 radical (unpaired) electrons. The summed E-state index contributed by atoms with van der Waals surface area (Å²) in [5.41, 5.74) is 2.91. The minimum atomic E-state index is -0.186. The topological polar surface area (TPSA) is 12.9 Å². The van der Waals surface area contributed by atoms with Gasteiger partial charge in [0, 0.05) is 16.5 Å². The lowest BCUT2D eigenvalue weighted by Gasteiger charge is -2.16. The predicted octanol–water partition coefficient (Wildman–Crippen LogP) is 5.55. The van der Waals surface area contributed by atoms with Gasteiger partial charge in [-0.3, -0.25) is 0 Å². The van der Waals surface area contributed by atoms with Crippen LogP contribution in [0.2, 0.25) is 0 Å². The number of hydrogen-bond donors (Lipinski definition) is 0. The molecule has 21 heavy (non-hydrogen) atoms. The van der Waals surface area contributed by atoms with Crippen LogP contribution in [0.1, 0.15) is 31.7 Å². The summed E-state index contributed by atoms with van der Waals surface area (Å²) in [4.78, 5) is 4.55. The Balaban J connectivity index is 2.35. The molecule has 1 nitrogen and oxygen atoms in total. The van der Waals surface area contributed by atoms with Crippen molar-refractivity contribution >= 4 is 10.9 Å². The highest BCUT2D eigenvalue weighted by Gasteiger charge is 2.19. The summed E-state index contributed by atoms with van der Waals surface area (Å²) in [6.45, 7) is 4.15. The van der Waals surface area contributed by atoms with Crippen LogP contribution in [-0.4, -0.2) is 4.98 Å². The summed E-state index contributed by atoms with van der Waals surface area (Å²) in [6, 6.07) is 17.4. The van der Waals surface area contributed by atoms with Crippen molar-refractivity contribution in [2.24, 2.45) is 0 Å². The Labute approximate surface area is 124 Å². The van der Waals surface area contributed by atoms with Crippen LogP contribution in [-0.2, 0) is 0 Å². The zero-order chi connectivity index (χ0) is 14.8. The van der Waals surface area contributed by atoms with E-state index in [1.54, 1.807) is 0 Å². The summed E-state index contributed by atoms with van der Waals surface area (Å²) < 4.78 is 15.1. The highest BCUT2D eigenvalue weighted by Crippen LogP contribution is 2.34. The molecule has 0 fully saturated rings. The Morgan fingerprint density at radius 2 is 1.67 bits per heavy atom. The van der Waals surface area contributed by atoms with Crippen LogP contribution in [0, 0.1) is 5.82 Å². The van der Waals surface area contributed by atoms with E-state index in [-0.39, 0.29) is 11.7 Å². The summed E-state index contributed by atoms with van der Waals surface area (Å²) in [6.07, 6.45) is 0.902. The van der Waals surface area contributed by atoms with Gasteiger partial charge in [0.25, 0.3) is 0 Å². The first-order chi connectivity index (χ1) is 10.2. The molecule has 1 atom stereocenters. The van der Waals surface area contributed by atoms with Crippen LogP contribution in [0.5, 0.6) is 0 Å². The minimum absolute atomic E-state index is 0.167. The molecule has 0 spiro atoms. The van der Waals surface area contributed by atoms with Crippen molar-refractivity contribution < 1.29 is 4.39 Å². The van der Waals surface area contributed by atoms with Crippen molar-refractivity contribution in [3.8, 4) is 11.3 Å². The molecule has 2 aromatic carbocycles. The predicted molar refractivity (Wildman–Crippen MR) is 85.8 cm³/mol. The van der Waals surface area contributed by atoms with Gasteiger partial charge in [0.1, 0.15) is 5.69 Å². The first kappa shape index (κ1) is 13.7. The van der Waals surface area contributed by atoms with Crippen molar-refractivity contribution in [2.45, 2.75) is 26.2 Å². The third-order valence-electron chi connectivity index (χ3n) is 4.02. The average Bonchev–Trinajstić information content (AvgIpc) is 2.54. The lowest BCUT2D eigenvalue weighted by atomic mass is 9.92. The van der Waals surface area contributed by atoms with Crippen LogP contribution in [0.3, 0.4) is 0 Å². The van der Waals surface area contributed by atoms with Gasteiger partial charge >= 0.3 is 0 Å². The smallest absolute Gasteiger partial charge is 0.153 e. The summed E-state index contributed by atoms with van der Waals surface area (Å²) in [7, 11) is 0. The Bertz CT molecular complexity index is 765. The first-order valence-electron chi connectivity index (χ1n) is 7.36. The third kappa shape index (κ3) is 2.42. The standard InChI is InChI=1S/C19H18FN/c1-3-13(2)17-15-11-7-8-12-16(15)21-19(18(17)20)14-9-5-4-6-10-14/h4-13H,3H2,1-2H3. The molecule has 2 heteroatoms. The number of aromatic nitrogens is 1. The Morgan fingerprint density at radius 1 is 1.00 bits per heavy atom. The molecule has 0 aliphatic heterocycles. The lowest BCUT2D eigenvalue weighted by molar-refractivity contribution is 0.587. The van der Waals surface area contributed by atoms with Crippen molar-refractivity contribution in [1.82, 2.24) is 4.98 Å². The van der Waals surface area contributed by atoms with Gasteiger partial charge in [0.05, 0.1) is 5.52 Å². The lowest BCUT2D eigenvalue weighted by Crippen LogP contribution is -2.02. The zero-order valence-corrected chi connectivity index (χ0v) is 12.3. The van der Waals surface area contributed by atoms with E-state index in [2.05, 4.69) is 18.8 Å². The number of para-hydroxylation sites is 1. The molecule has 1 unspecified atom stereocenters. The summed E-state index contributed by atoms with van der Waals surface area (Å²) >= 11 is 0. The summed E-state index contributed by atoms with van der Waals surface area (Å²) in [5, 5.41) is 0.920. The number of benzene rings is 2. The van der Waals surface area contributed by atoms with E-state index in [4.69, 9.17) is 0 Å². The van der Waals surface area contributed by atoms with Crippen LogP contribution >= 0.6 is 0 Å². The SMILES string of the molecule is CCC(C)c1c(F)c(-c2ccccc2)nc2ccccc12. The van der Waals surface area contributed by atoms with Crippen molar-refractivity contribution in [3.63, 3.8) is 0 Å². The van der Waals surface area contributed by atoms with E-state index in [1.165, 1.54) is 0 Å². The highest BCUT2D eigenvalue weighted by molar-refractivity contribution is 5.86. The molecular weight excluding hydrogens is 261 g/mol. The quantitative estimate of drug-likeness (QED) is 0.612. The molecule has 3 aromatic rings. The molecule has 0 aliphatic rings. The molecule has 1 aromatic heterocycles. The van der Waals surface area contributed by atoms with Crippen LogP contribution < -0.4 is 0 Å². The fraction of sp³-hybridized carbons (Fsp3) is 0.211. The number of halogens is 1. The summed E-state index contributed by atoms with van der Waals surface area (Å²) in [5.74, 6) is -0.0189. The number of rotatable bonds is 3. The van der Waals surface area contributed by atoms with E-state index in [9.17, 15) is 0 Å². The van der Waals surface area contributed by atoms with Gasteiger partial charge < -0.3 is 0 Å². The van der Waals surface area contributed by atoms with Crippen LogP contribution in [0.4, 0.5) is 4.39 Å².